The van der Waals surface area contributed by atoms with Gasteiger partial charge in [0.1, 0.15) is 5.65 Å². The van der Waals surface area contributed by atoms with Crippen LogP contribution < -0.4 is 5.32 Å². The first-order valence-corrected chi connectivity index (χ1v) is 9.98. The Kier molecular flexibility index (Phi) is 5.44. The number of hydrogen-bond acceptors (Lipinski definition) is 3. The minimum Gasteiger partial charge on any atom is -0.315 e. The Bertz CT molecular complexity index is 958. The fourth-order valence-electron chi connectivity index (χ4n) is 3.52. The van der Waals surface area contributed by atoms with Crippen LogP contribution in [0.1, 0.15) is 17.7 Å². The SMILES string of the molecule is FC(F)(F)c1ccc2nc(-c3ccc(Br)cc3)c(CN3CCCNCC3)n2c1. The Labute approximate surface area is 169 Å². The Balaban J connectivity index is 1.83. The van der Waals surface area contributed by atoms with E-state index in [1.807, 2.05) is 24.3 Å². The quantitative estimate of drug-likeness (QED) is 0.631. The number of nitrogens with one attached hydrogen (secondary N) is 1. The zero-order valence-electron chi connectivity index (χ0n) is 15.1. The zero-order valence-corrected chi connectivity index (χ0v) is 16.7. The summed E-state index contributed by atoms with van der Waals surface area (Å²) in [7, 11) is 0. The molecule has 0 spiro atoms. The van der Waals surface area contributed by atoms with Crippen LogP contribution in [-0.4, -0.2) is 40.5 Å². The lowest BCUT2D eigenvalue weighted by Gasteiger charge is -2.20. The van der Waals surface area contributed by atoms with Gasteiger partial charge in [0.2, 0.25) is 0 Å². The molecule has 0 aliphatic carbocycles. The van der Waals surface area contributed by atoms with E-state index in [1.54, 1.807) is 4.40 Å². The third-order valence-electron chi connectivity index (χ3n) is 4.97. The molecule has 3 aromatic rings. The molecule has 2 aromatic heterocycles. The van der Waals surface area contributed by atoms with Gasteiger partial charge in [-0.15, -0.1) is 0 Å². The molecule has 0 saturated carbocycles. The Morgan fingerprint density at radius 2 is 1.82 bits per heavy atom. The molecule has 1 aliphatic rings. The van der Waals surface area contributed by atoms with Crippen molar-refractivity contribution in [2.75, 3.05) is 26.2 Å². The minimum absolute atomic E-state index is 0.522. The molecule has 1 N–H and O–H groups in total. The number of hydrogen-bond donors (Lipinski definition) is 1. The predicted octanol–water partition coefficient (Wildman–Crippen LogP) is 4.58. The lowest BCUT2D eigenvalue weighted by molar-refractivity contribution is -0.137. The number of alkyl halides is 3. The third-order valence-corrected chi connectivity index (χ3v) is 5.50. The van der Waals surface area contributed by atoms with Gasteiger partial charge < -0.3 is 9.72 Å². The molecule has 0 atom stereocenters. The van der Waals surface area contributed by atoms with Gasteiger partial charge in [0.25, 0.3) is 0 Å². The molecule has 3 heterocycles. The van der Waals surface area contributed by atoms with Crippen molar-refractivity contribution in [2.45, 2.75) is 19.1 Å². The van der Waals surface area contributed by atoms with E-state index in [4.69, 9.17) is 0 Å². The number of aromatic nitrogens is 2. The maximum absolute atomic E-state index is 13.3. The van der Waals surface area contributed by atoms with Gasteiger partial charge >= 0.3 is 6.18 Å². The molecule has 8 heteroatoms. The summed E-state index contributed by atoms with van der Waals surface area (Å²) in [4.78, 5) is 6.93. The van der Waals surface area contributed by atoms with E-state index >= 15 is 0 Å². The van der Waals surface area contributed by atoms with Gasteiger partial charge in [-0.25, -0.2) is 4.98 Å². The van der Waals surface area contributed by atoms with E-state index in [1.165, 1.54) is 6.07 Å². The van der Waals surface area contributed by atoms with E-state index in [0.717, 1.165) is 66.3 Å². The van der Waals surface area contributed by atoms with Crippen molar-refractivity contribution in [1.29, 1.82) is 0 Å². The standard InChI is InChI=1S/C20H20BrF3N4/c21-16-5-2-14(3-6-16)19-17(13-27-10-1-8-25-9-11-27)28-12-15(20(22,23)24)4-7-18(28)26-19/h2-7,12,25H,1,8-11,13H2. The second-order valence-electron chi connectivity index (χ2n) is 6.94. The van der Waals surface area contributed by atoms with Gasteiger partial charge in [0.05, 0.1) is 17.0 Å². The fourth-order valence-corrected chi connectivity index (χ4v) is 3.79. The van der Waals surface area contributed by atoms with Gasteiger partial charge in [0, 0.05) is 35.9 Å². The lowest BCUT2D eigenvalue weighted by atomic mass is 10.1. The van der Waals surface area contributed by atoms with Gasteiger partial charge in [-0.1, -0.05) is 28.1 Å². The molecule has 28 heavy (non-hydrogen) atoms. The van der Waals surface area contributed by atoms with Crippen molar-refractivity contribution < 1.29 is 13.2 Å². The molecule has 1 aliphatic heterocycles. The summed E-state index contributed by atoms with van der Waals surface area (Å²) < 4.78 is 42.4. The highest BCUT2D eigenvalue weighted by atomic mass is 79.9. The third kappa shape index (κ3) is 4.09. The van der Waals surface area contributed by atoms with Gasteiger partial charge in [-0.2, -0.15) is 13.2 Å². The molecule has 1 saturated heterocycles. The molecule has 0 bridgehead atoms. The summed E-state index contributed by atoms with van der Waals surface area (Å²) >= 11 is 3.43. The molecular formula is C20H20BrF3N4. The fraction of sp³-hybridized carbons (Fsp3) is 0.350. The van der Waals surface area contributed by atoms with Crippen LogP contribution in [0.15, 0.2) is 47.1 Å². The number of imidazole rings is 1. The number of rotatable bonds is 3. The molecule has 1 fully saturated rings. The summed E-state index contributed by atoms with van der Waals surface area (Å²) in [5.74, 6) is 0. The number of fused-ring (bicyclic) bond motifs is 1. The van der Waals surface area contributed by atoms with Crippen LogP contribution in [0.4, 0.5) is 13.2 Å². The smallest absolute Gasteiger partial charge is 0.315 e. The highest BCUT2D eigenvalue weighted by Crippen LogP contribution is 2.32. The van der Waals surface area contributed by atoms with Crippen molar-refractivity contribution >= 4 is 21.6 Å². The maximum atomic E-state index is 13.3. The number of pyridine rings is 1. The van der Waals surface area contributed by atoms with Gasteiger partial charge in [-0.05, 0) is 43.8 Å². The molecule has 148 valence electrons. The van der Waals surface area contributed by atoms with Crippen molar-refractivity contribution in [2.24, 2.45) is 0 Å². The number of halogens is 4. The number of nitrogens with zero attached hydrogens (tertiary/aromatic N) is 3. The molecule has 0 unspecified atom stereocenters. The predicted molar refractivity (Wildman–Crippen MR) is 106 cm³/mol. The second-order valence-corrected chi connectivity index (χ2v) is 7.85. The van der Waals surface area contributed by atoms with Crippen LogP contribution in [0.2, 0.25) is 0 Å². The average molecular weight is 453 g/mol. The highest BCUT2D eigenvalue weighted by molar-refractivity contribution is 9.10. The Morgan fingerprint density at radius 3 is 2.57 bits per heavy atom. The van der Waals surface area contributed by atoms with Crippen molar-refractivity contribution in [3.8, 4) is 11.3 Å². The van der Waals surface area contributed by atoms with Crippen LogP contribution in [0.3, 0.4) is 0 Å². The maximum Gasteiger partial charge on any atom is 0.417 e. The molecule has 4 nitrogen and oxygen atoms in total. The first-order chi connectivity index (χ1) is 13.4. The van der Waals surface area contributed by atoms with Crippen LogP contribution in [0.25, 0.3) is 16.9 Å². The van der Waals surface area contributed by atoms with Gasteiger partial charge in [-0.3, -0.25) is 4.90 Å². The van der Waals surface area contributed by atoms with Crippen molar-refractivity contribution in [3.05, 3.63) is 58.3 Å². The van der Waals surface area contributed by atoms with Gasteiger partial charge in [0.15, 0.2) is 0 Å². The second kappa shape index (κ2) is 7.85. The molecule has 0 amide bonds. The van der Waals surface area contributed by atoms with Crippen molar-refractivity contribution in [1.82, 2.24) is 19.6 Å². The largest absolute Gasteiger partial charge is 0.417 e. The summed E-state index contributed by atoms with van der Waals surface area (Å²) in [6, 6.07) is 10.2. The first kappa shape index (κ1) is 19.4. The van der Waals surface area contributed by atoms with Crippen LogP contribution in [0.5, 0.6) is 0 Å². The highest BCUT2D eigenvalue weighted by Gasteiger charge is 2.31. The van der Waals surface area contributed by atoms with E-state index < -0.39 is 11.7 Å². The van der Waals surface area contributed by atoms with E-state index in [9.17, 15) is 13.2 Å². The monoisotopic (exact) mass is 452 g/mol. The topological polar surface area (TPSA) is 32.6 Å². The Hall–Kier alpha value is -1.90. The van der Waals surface area contributed by atoms with Crippen LogP contribution in [0, 0.1) is 0 Å². The van der Waals surface area contributed by atoms with Crippen LogP contribution >= 0.6 is 15.9 Å². The molecule has 1 aromatic carbocycles. The van der Waals surface area contributed by atoms with E-state index in [2.05, 4.69) is 31.1 Å². The summed E-state index contributed by atoms with van der Waals surface area (Å²) in [5, 5.41) is 3.36. The summed E-state index contributed by atoms with van der Waals surface area (Å²) in [5.41, 5.74) is 2.25. The summed E-state index contributed by atoms with van der Waals surface area (Å²) in [6.07, 6.45) is -2.21. The molecular weight excluding hydrogens is 433 g/mol. The average Bonchev–Trinajstić information content (AvgIpc) is 2.83. The number of benzene rings is 1. The molecule has 0 radical (unpaired) electrons. The summed E-state index contributed by atoms with van der Waals surface area (Å²) in [6.45, 7) is 4.14. The van der Waals surface area contributed by atoms with E-state index in [-0.39, 0.29) is 0 Å². The lowest BCUT2D eigenvalue weighted by Crippen LogP contribution is -2.28. The van der Waals surface area contributed by atoms with Crippen molar-refractivity contribution in [3.63, 3.8) is 0 Å². The first-order valence-electron chi connectivity index (χ1n) is 9.19. The van der Waals surface area contributed by atoms with E-state index in [0.29, 0.717) is 12.2 Å². The minimum atomic E-state index is -4.39. The zero-order chi connectivity index (χ0) is 19.7. The van der Waals surface area contributed by atoms with Crippen LogP contribution in [-0.2, 0) is 12.7 Å². The molecule has 4 rings (SSSR count). The normalized spacial score (nSPS) is 16.4. The Morgan fingerprint density at radius 1 is 1.04 bits per heavy atom.